The second kappa shape index (κ2) is 4.79. The molecule has 13 heavy (non-hydrogen) atoms. The summed E-state index contributed by atoms with van der Waals surface area (Å²) in [6.45, 7) is 9.69. The molecule has 0 heterocycles. The molecule has 76 valence electrons. The molecule has 0 aromatic heterocycles. The fourth-order valence-electron chi connectivity index (χ4n) is 1.63. The molecule has 0 bridgehead atoms. The van der Waals surface area contributed by atoms with Gasteiger partial charge in [0.05, 0.1) is 0 Å². The maximum absolute atomic E-state index is 12.1. The van der Waals surface area contributed by atoms with Gasteiger partial charge in [0.1, 0.15) is 5.81 Å². The van der Waals surface area contributed by atoms with Gasteiger partial charge in [-0.25, -0.2) is 4.67 Å². The van der Waals surface area contributed by atoms with Crippen LogP contribution in [-0.2, 0) is 4.57 Å². The number of nitrogens with zero attached hydrogens (tertiary/aromatic N) is 2. The molecule has 0 amide bonds. The van der Waals surface area contributed by atoms with Crippen LogP contribution in [0.1, 0.15) is 34.6 Å². The van der Waals surface area contributed by atoms with Crippen LogP contribution >= 0.6 is 7.29 Å². The van der Waals surface area contributed by atoms with Gasteiger partial charge in [-0.2, -0.15) is 5.26 Å². The first-order valence-corrected chi connectivity index (χ1v) is 6.52. The Kier molecular flexibility index (Phi) is 4.67. The van der Waals surface area contributed by atoms with Crippen LogP contribution in [0.5, 0.6) is 0 Å². The molecule has 0 aliphatic heterocycles. The Morgan fingerprint density at radius 2 is 1.69 bits per heavy atom. The SMILES string of the molecule is CCP(=O)(C#N)N(C(C)C)C(C)C. The average molecular weight is 202 g/mol. The van der Waals surface area contributed by atoms with Crippen LogP contribution < -0.4 is 0 Å². The molecule has 0 aliphatic rings. The molecule has 0 saturated heterocycles. The molecule has 0 spiro atoms. The Labute approximate surface area is 81.2 Å². The zero-order chi connectivity index (χ0) is 10.6. The summed E-state index contributed by atoms with van der Waals surface area (Å²) in [6.07, 6.45) is 0.430. The van der Waals surface area contributed by atoms with E-state index >= 15 is 0 Å². The summed E-state index contributed by atoms with van der Waals surface area (Å²) in [6, 6.07) is 0.316. The number of rotatable bonds is 4. The molecule has 0 aromatic rings. The highest BCUT2D eigenvalue weighted by atomic mass is 31.2. The molecule has 1 unspecified atom stereocenters. The monoisotopic (exact) mass is 202 g/mol. The Hall–Kier alpha value is -0.320. The van der Waals surface area contributed by atoms with Crippen molar-refractivity contribution in [1.29, 1.82) is 5.26 Å². The zero-order valence-corrected chi connectivity index (χ0v) is 10.0. The molecule has 1 atom stereocenters. The Bertz CT molecular complexity index is 234. The molecular weight excluding hydrogens is 183 g/mol. The second-order valence-electron chi connectivity index (χ2n) is 3.69. The maximum Gasteiger partial charge on any atom is 0.245 e. The van der Waals surface area contributed by atoms with Crippen molar-refractivity contribution >= 4 is 7.29 Å². The number of hydrogen-bond donors (Lipinski definition) is 0. The van der Waals surface area contributed by atoms with Gasteiger partial charge in [-0.1, -0.05) is 6.92 Å². The minimum absolute atomic E-state index is 0.158. The van der Waals surface area contributed by atoms with E-state index in [-0.39, 0.29) is 12.1 Å². The molecule has 0 aliphatic carbocycles. The van der Waals surface area contributed by atoms with Gasteiger partial charge in [0.15, 0.2) is 0 Å². The van der Waals surface area contributed by atoms with Crippen molar-refractivity contribution in [3.63, 3.8) is 0 Å². The first-order valence-electron chi connectivity index (χ1n) is 4.68. The van der Waals surface area contributed by atoms with Crippen LogP contribution in [0.4, 0.5) is 0 Å². The summed E-state index contributed by atoms with van der Waals surface area (Å²) in [4.78, 5) is 0. The van der Waals surface area contributed by atoms with Crippen molar-refractivity contribution in [2.24, 2.45) is 0 Å². The number of nitriles is 1. The standard InChI is InChI=1S/C9H19N2OP/c1-6-13(12,7-10)11(8(2)3)9(4)5/h8-9H,6H2,1-5H3. The van der Waals surface area contributed by atoms with Gasteiger partial charge in [0.2, 0.25) is 7.29 Å². The lowest BCUT2D eigenvalue weighted by Crippen LogP contribution is -2.34. The van der Waals surface area contributed by atoms with Crippen LogP contribution in [0.25, 0.3) is 0 Å². The van der Waals surface area contributed by atoms with Crippen molar-refractivity contribution in [2.75, 3.05) is 6.16 Å². The molecule has 0 rings (SSSR count). The van der Waals surface area contributed by atoms with Crippen LogP contribution in [0.15, 0.2) is 0 Å². The van der Waals surface area contributed by atoms with E-state index in [0.717, 1.165) is 0 Å². The molecule has 0 aromatic carbocycles. The molecule has 4 heteroatoms. The predicted octanol–water partition coefficient (Wildman–Crippen LogP) is 2.88. The lowest BCUT2D eigenvalue weighted by Gasteiger charge is -2.33. The molecule has 0 N–H and O–H groups in total. The smallest absolute Gasteiger partial charge is 0.245 e. The van der Waals surface area contributed by atoms with Gasteiger partial charge < -0.3 is 0 Å². The van der Waals surface area contributed by atoms with E-state index in [4.69, 9.17) is 5.26 Å². The van der Waals surface area contributed by atoms with Crippen molar-refractivity contribution in [1.82, 2.24) is 4.67 Å². The van der Waals surface area contributed by atoms with Gasteiger partial charge in [0.25, 0.3) is 0 Å². The number of hydrogen-bond acceptors (Lipinski definition) is 2. The summed E-state index contributed by atoms with van der Waals surface area (Å²) in [5.74, 6) is 1.97. The van der Waals surface area contributed by atoms with Crippen molar-refractivity contribution in [3.8, 4) is 5.81 Å². The minimum atomic E-state index is -2.76. The van der Waals surface area contributed by atoms with E-state index in [2.05, 4.69) is 0 Å². The molecule has 3 nitrogen and oxygen atoms in total. The van der Waals surface area contributed by atoms with Crippen LogP contribution in [-0.4, -0.2) is 22.9 Å². The summed E-state index contributed by atoms with van der Waals surface area (Å²) in [7, 11) is -2.76. The molecule has 0 saturated carbocycles. The second-order valence-corrected chi connectivity index (χ2v) is 6.38. The minimum Gasteiger partial charge on any atom is -0.290 e. The van der Waals surface area contributed by atoms with Gasteiger partial charge in [-0.05, 0) is 27.7 Å². The van der Waals surface area contributed by atoms with Gasteiger partial charge in [-0.15, -0.1) is 0 Å². The fraction of sp³-hybridized carbons (Fsp3) is 0.889. The van der Waals surface area contributed by atoms with Crippen molar-refractivity contribution < 1.29 is 4.57 Å². The van der Waals surface area contributed by atoms with E-state index in [1.165, 1.54) is 0 Å². The third kappa shape index (κ3) is 2.83. The first kappa shape index (κ1) is 12.7. The first-order chi connectivity index (χ1) is 5.89. The summed E-state index contributed by atoms with van der Waals surface area (Å²) < 4.78 is 13.9. The van der Waals surface area contributed by atoms with Crippen LogP contribution in [0, 0.1) is 11.1 Å². The lowest BCUT2D eigenvalue weighted by molar-refractivity contribution is 0.304. The Balaban J connectivity index is 4.95. The average Bonchev–Trinajstić information content (AvgIpc) is 2.02. The highest BCUT2D eigenvalue weighted by Gasteiger charge is 2.32. The Morgan fingerprint density at radius 1 is 1.31 bits per heavy atom. The van der Waals surface area contributed by atoms with Crippen molar-refractivity contribution in [2.45, 2.75) is 46.7 Å². The fourth-order valence-corrected chi connectivity index (χ4v) is 3.69. The highest BCUT2D eigenvalue weighted by molar-refractivity contribution is 7.66. The van der Waals surface area contributed by atoms with E-state index in [1.54, 1.807) is 0 Å². The third-order valence-electron chi connectivity index (χ3n) is 2.02. The largest absolute Gasteiger partial charge is 0.290 e. The summed E-state index contributed by atoms with van der Waals surface area (Å²) >= 11 is 0. The molecular formula is C9H19N2OP. The summed E-state index contributed by atoms with van der Waals surface area (Å²) in [5.41, 5.74) is 0. The predicted molar refractivity (Wildman–Crippen MR) is 55.9 cm³/mol. The van der Waals surface area contributed by atoms with Gasteiger partial charge in [0, 0.05) is 18.2 Å². The van der Waals surface area contributed by atoms with E-state index in [9.17, 15) is 4.57 Å². The Morgan fingerprint density at radius 3 is 1.77 bits per heavy atom. The normalized spacial score (nSPS) is 16.2. The summed E-state index contributed by atoms with van der Waals surface area (Å²) in [5, 5.41) is 8.90. The maximum atomic E-state index is 12.1. The lowest BCUT2D eigenvalue weighted by atomic mass is 10.3. The van der Waals surface area contributed by atoms with Gasteiger partial charge in [-0.3, -0.25) is 4.57 Å². The zero-order valence-electron chi connectivity index (χ0n) is 9.11. The van der Waals surface area contributed by atoms with Crippen LogP contribution in [0.3, 0.4) is 0 Å². The molecule has 0 fully saturated rings. The highest BCUT2D eigenvalue weighted by Crippen LogP contribution is 2.50. The van der Waals surface area contributed by atoms with E-state index < -0.39 is 7.29 Å². The van der Waals surface area contributed by atoms with Crippen LogP contribution in [0.2, 0.25) is 0 Å². The van der Waals surface area contributed by atoms with Gasteiger partial charge >= 0.3 is 0 Å². The molecule has 0 radical (unpaired) electrons. The van der Waals surface area contributed by atoms with E-state index in [1.807, 2.05) is 45.1 Å². The topological polar surface area (TPSA) is 44.1 Å². The third-order valence-corrected chi connectivity index (χ3v) is 4.86. The quantitative estimate of drug-likeness (QED) is 0.658. The van der Waals surface area contributed by atoms with E-state index in [0.29, 0.717) is 6.16 Å². The van der Waals surface area contributed by atoms with Crippen molar-refractivity contribution in [3.05, 3.63) is 0 Å².